The van der Waals surface area contributed by atoms with Gasteiger partial charge in [-0.2, -0.15) is 0 Å². The predicted molar refractivity (Wildman–Crippen MR) is 103 cm³/mol. The number of hydrogen-bond donors (Lipinski definition) is 3. The topological polar surface area (TPSA) is 88.2 Å². The summed E-state index contributed by atoms with van der Waals surface area (Å²) in [6, 6.07) is 3.65. The summed E-state index contributed by atoms with van der Waals surface area (Å²) in [7, 11) is 0. The highest BCUT2D eigenvalue weighted by atomic mass is 35.5. The Morgan fingerprint density at radius 2 is 1.92 bits per heavy atom. The second-order valence-corrected chi connectivity index (χ2v) is 6.09. The van der Waals surface area contributed by atoms with E-state index in [9.17, 15) is 4.79 Å². The van der Waals surface area contributed by atoms with Crippen molar-refractivity contribution in [2.24, 2.45) is 5.73 Å². The van der Waals surface area contributed by atoms with Gasteiger partial charge in [0.15, 0.2) is 0 Å². The molecule has 7 heteroatoms. The molecular formula is C17H29Cl2N3O2. The van der Waals surface area contributed by atoms with Gasteiger partial charge in [0.25, 0.3) is 0 Å². The summed E-state index contributed by atoms with van der Waals surface area (Å²) in [4.78, 5) is 15.3. The van der Waals surface area contributed by atoms with Gasteiger partial charge in [0.2, 0.25) is 0 Å². The van der Waals surface area contributed by atoms with Gasteiger partial charge in [-0.3, -0.25) is 4.79 Å². The quantitative estimate of drug-likeness (QED) is 0.572. The Kier molecular flexibility index (Phi) is 11.8. The van der Waals surface area contributed by atoms with Crippen LogP contribution in [0.15, 0.2) is 12.1 Å². The molecule has 2 heterocycles. The molecule has 0 saturated heterocycles. The molecule has 0 radical (unpaired) electrons. The molecule has 0 amide bonds. The maximum Gasteiger partial charge on any atom is 0.320 e. The Labute approximate surface area is 156 Å². The van der Waals surface area contributed by atoms with Gasteiger partial charge < -0.3 is 16.2 Å². The second kappa shape index (κ2) is 12.3. The lowest BCUT2D eigenvalue weighted by molar-refractivity contribution is -0.138. The molecule has 5 nitrogen and oxygen atoms in total. The van der Waals surface area contributed by atoms with E-state index in [1.165, 1.54) is 17.7 Å². The van der Waals surface area contributed by atoms with Gasteiger partial charge in [-0.1, -0.05) is 31.7 Å². The molecule has 0 saturated carbocycles. The van der Waals surface area contributed by atoms with Crippen LogP contribution in [0.3, 0.4) is 0 Å². The van der Waals surface area contributed by atoms with Gasteiger partial charge >= 0.3 is 5.97 Å². The summed E-state index contributed by atoms with van der Waals surface area (Å²) in [6.45, 7) is 1.03. The Hall–Kier alpha value is -1.04. The van der Waals surface area contributed by atoms with Gasteiger partial charge in [-0.05, 0) is 43.7 Å². The zero-order valence-corrected chi connectivity index (χ0v) is 15.6. The van der Waals surface area contributed by atoms with E-state index in [0.29, 0.717) is 6.42 Å². The molecule has 1 aliphatic rings. The summed E-state index contributed by atoms with van der Waals surface area (Å²) >= 11 is 0. The molecule has 2 rings (SSSR count). The van der Waals surface area contributed by atoms with E-state index in [1.54, 1.807) is 0 Å². The van der Waals surface area contributed by atoms with Crippen molar-refractivity contribution in [3.8, 4) is 0 Å². The molecule has 1 aliphatic heterocycles. The smallest absolute Gasteiger partial charge is 0.320 e. The number of halogens is 2. The highest BCUT2D eigenvalue weighted by molar-refractivity contribution is 5.85. The number of aliphatic carboxylic acids is 1. The summed E-state index contributed by atoms with van der Waals surface area (Å²) in [5.41, 5.74) is 7.98. The zero-order chi connectivity index (χ0) is 15.8. The Balaban J connectivity index is 0.00000264. The molecule has 0 aromatic carbocycles. The first-order valence-corrected chi connectivity index (χ1v) is 8.38. The molecule has 0 bridgehead atoms. The third-order valence-corrected chi connectivity index (χ3v) is 4.22. The molecule has 0 unspecified atom stereocenters. The monoisotopic (exact) mass is 377 g/mol. The number of rotatable bonds is 9. The first-order valence-electron chi connectivity index (χ1n) is 8.38. The van der Waals surface area contributed by atoms with Crippen LogP contribution in [0.5, 0.6) is 0 Å². The van der Waals surface area contributed by atoms with Crippen molar-refractivity contribution in [2.45, 2.75) is 63.8 Å². The van der Waals surface area contributed by atoms with Crippen molar-refractivity contribution < 1.29 is 9.90 Å². The molecule has 0 aliphatic carbocycles. The summed E-state index contributed by atoms with van der Waals surface area (Å²) in [5, 5.41) is 12.1. The summed E-state index contributed by atoms with van der Waals surface area (Å²) in [6.07, 6.45) is 9.31. The molecule has 1 aromatic rings. The number of aromatic nitrogens is 1. The number of hydrogen-bond acceptors (Lipinski definition) is 4. The minimum Gasteiger partial charge on any atom is -0.480 e. The number of nitrogens with two attached hydrogens (primary N) is 1. The Morgan fingerprint density at radius 1 is 1.21 bits per heavy atom. The number of nitrogens with zero attached hydrogens (tertiary/aromatic N) is 1. The maximum absolute atomic E-state index is 10.6. The van der Waals surface area contributed by atoms with Crippen LogP contribution in [0, 0.1) is 0 Å². The third-order valence-electron chi connectivity index (χ3n) is 4.22. The van der Waals surface area contributed by atoms with Crippen molar-refractivity contribution in [3.05, 3.63) is 23.4 Å². The number of pyridine rings is 1. The zero-order valence-electron chi connectivity index (χ0n) is 14.0. The van der Waals surface area contributed by atoms with E-state index in [-0.39, 0.29) is 24.8 Å². The van der Waals surface area contributed by atoms with Crippen LogP contribution < -0.4 is 11.1 Å². The molecule has 1 atom stereocenters. The number of nitrogens with one attached hydrogen (secondary N) is 1. The van der Waals surface area contributed by atoms with Gasteiger partial charge in [-0.15, -0.1) is 24.8 Å². The molecule has 4 N–H and O–H groups in total. The largest absolute Gasteiger partial charge is 0.480 e. The minimum absolute atomic E-state index is 0. The number of carboxylic acids is 1. The van der Waals surface area contributed by atoms with E-state index in [0.717, 1.165) is 57.3 Å². The Morgan fingerprint density at radius 3 is 2.67 bits per heavy atom. The van der Waals surface area contributed by atoms with E-state index >= 15 is 0 Å². The molecule has 1 aromatic heterocycles. The van der Waals surface area contributed by atoms with Crippen LogP contribution >= 0.6 is 24.8 Å². The molecule has 0 spiro atoms. The van der Waals surface area contributed by atoms with Crippen LogP contribution in [0.2, 0.25) is 0 Å². The van der Waals surface area contributed by atoms with Crippen molar-refractivity contribution in [1.29, 1.82) is 0 Å². The first kappa shape index (κ1) is 23.0. The third kappa shape index (κ3) is 7.69. The van der Waals surface area contributed by atoms with E-state index in [4.69, 9.17) is 15.8 Å². The number of unbranched alkanes of at least 4 members (excludes halogenated alkanes) is 4. The standard InChI is InChI=1S/C17H27N3O2.2ClH/c18-15(17(21)22)9-5-3-1-2-4-8-14-11-10-13-7-6-12-19-16(13)20-14;;/h10-11,15H,1-9,12,18H2,(H,19,20)(H,21,22);2*1H/t15-;;/m1../s1. The van der Waals surface area contributed by atoms with Crippen LogP contribution in [0.1, 0.15) is 56.2 Å². The first-order chi connectivity index (χ1) is 10.7. The fraction of sp³-hybridized carbons (Fsp3) is 0.647. The molecule has 0 fully saturated rings. The number of anilines is 1. The maximum atomic E-state index is 10.6. The fourth-order valence-corrected chi connectivity index (χ4v) is 2.83. The van der Waals surface area contributed by atoms with Crippen LogP contribution in [-0.2, 0) is 17.6 Å². The van der Waals surface area contributed by atoms with Crippen LogP contribution in [-0.4, -0.2) is 28.6 Å². The van der Waals surface area contributed by atoms with Crippen molar-refractivity contribution in [3.63, 3.8) is 0 Å². The Bertz CT molecular complexity index is 501. The summed E-state index contributed by atoms with van der Waals surface area (Å²) < 4.78 is 0. The summed E-state index contributed by atoms with van der Waals surface area (Å²) in [5.74, 6) is 0.179. The van der Waals surface area contributed by atoms with Crippen molar-refractivity contribution in [2.75, 3.05) is 11.9 Å². The fourth-order valence-electron chi connectivity index (χ4n) is 2.83. The van der Waals surface area contributed by atoms with Crippen molar-refractivity contribution >= 4 is 36.6 Å². The molecule has 138 valence electrons. The molecule has 24 heavy (non-hydrogen) atoms. The molecular weight excluding hydrogens is 349 g/mol. The van der Waals surface area contributed by atoms with Gasteiger partial charge in [-0.25, -0.2) is 4.98 Å². The number of fused-ring (bicyclic) bond motifs is 1. The highest BCUT2D eigenvalue weighted by Crippen LogP contribution is 2.20. The SMILES string of the molecule is Cl.Cl.N[C@H](CCCCCCCc1ccc2c(n1)NCCC2)C(=O)O. The second-order valence-electron chi connectivity index (χ2n) is 6.09. The normalized spacial score (nSPS) is 13.7. The number of aryl methyl sites for hydroxylation is 2. The lowest BCUT2D eigenvalue weighted by atomic mass is 10.0. The highest BCUT2D eigenvalue weighted by Gasteiger charge is 2.11. The predicted octanol–water partition coefficient (Wildman–Crippen LogP) is 3.58. The average molecular weight is 378 g/mol. The van der Waals surface area contributed by atoms with Gasteiger partial charge in [0.05, 0.1) is 0 Å². The van der Waals surface area contributed by atoms with Gasteiger partial charge in [0, 0.05) is 12.2 Å². The van der Waals surface area contributed by atoms with Gasteiger partial charge in [0.1, 0.15) is 11.9 Å². The van der Waals surface area contributed by atoms with Crippen LogP contribution in [0.25, 0.3) is 0 Å². The number of carbonyl (C=O) groups is 1. The van der Waals surface area contributed by atoms with E-state index in [1.807, 2.05) is 0 Å². The average Bonchev–Trinajstić information content (AvgIpc) is 2.53. The van der Waals surface area contributed by atoms with E-state index < -0.39 is 12.0 Å². The van der Waals surface area contributed by atoms with E-state index in [2.05, 4.69) is 17.4 Å². The minimum atomic E-state index is -0.896. The van der Waals surface area contributed by atoms with Crippen molar-refractivity contribution in [1.82, 2.24) is 4.98 Å². The lowest BCUT2D eigenvalue weighted by Gasteiger charge is -2.17. The van der Waals surface area contributed by atoms with Crippen LogP contribution in [0.4, 0.5) is 5.82 Å². The lowest BCUT2D eigenvalue weighted by Crippen LogP contribution is -2.29. The number of carboxylic acid groups (broad SMARTS) is 1.